The molecule has 0 atom stereocenters. The first-order valence-electron chi connectivity index (χ1n) is 4.87. The number of nitriles is 1. The number of ether oxygens (including phenoxy) is 1. The van der Waals surface area contributed by atoms with Crippen LogP contribution >= 0.6 is 11.8 Å². The Morgan fingerprint density at radius 2 is 2.19 bits per heavy atom. The molecule has 0 spiro atoms. The van der Waals surface area contributed by atoms with Gasteiger partial charge in [-0.1, -0.05) is 0 Å². The third kappa shape index (κ3) is 7.12. The van der Waals surface area contributed by atoms with Crippen molar-refractivity contribution in [2.75, 3.05) is 32.2 Å². The molecule has 0 bridgehead atoms. The van der Waals surface area contributed by atoms with Crippen LogP contribution in [0.5, 0.6) is 0 Å². The van der Waals surface area contributed by atoms with Gasteiger partial charge in [0.2, 0.25) is 5.91 Å². The van der Waals surface area contributed by atoms with Gasteiger partial charge in [0, 0.05) is 20.0 Å². The van der Waals surface area contributed by atoms with E-state index in [1.54, 1.807) is 11.9 Å². The minimum absolute atomic E-state index is 0.0230. The number of methoxy groups -OCH3 is 1. The number of nitrogens with zero attached hydrogens (tertiary/aromatic N) is 2. The molecule has 6 heteroatoms. The van der Waals surface area contributed by atoms with Crippen LogP contribution in [0.4, 0.5) is 0 Å². The molecule has 0 unspecified atom stereocenters. The number of rotatable bonds is 7. The third-order valence-corrected chi connectivity index (χ3v) is 2.70. The number of carbonyl (C=O) groups is 2. The lowest BCUT2D eigenvalue weighted by Crippen LogP contribution is -2.29. The average Bonchev–Trinajstić information content (AvgIpc) is 2.28. The normalized spacial score (nSPS) is 9.31. The molecule has 0 aromatic rings. The Hall–Kier alpha value is -1.22. The molecular weight excluding hydrogens is 228 g/mol. The highest BCUT2D eigenvalue weighted by molar-refractivity contribution is 8.00. The summed E-state index contributed by atoms with van der Waals surface area (Å²) in [5, 5.41) is 8.30. The monoisotopic (exact) mass is 244 g/mol. The minimum Gasteiger partial charge on any atom is -0.469 e. The van der Waals surface area contributed by atoms with E-state index in [0.29, 0.717) is 30.9 Å². The number of carbonyl (C=O) groups excluding carboxylic acids is 2. The van der Waals surface area contributed by atoms with Crippen molar-refractivity contribution in [2.45, 2.75) is 12.8 Å². The van der Waals surface area contributed by atoms with E-state index in [9.17, 15) is 9.59 Å². The molecule has 0 aliphatic heterocycles. The fraction of sp³-hybridized carbons (Fsp3) is 0.700. The summed E-state index contributed by atoms with van der Waals surface area (Å²) in [4.78, 5) is 23.8. The molecule has 0 aliphatic rings. The summed E-state index contributed by atoms with van der Waals surface area (Å²) in [6, 6.07) is 1.96. The lowest BCUT2D eigenvalue weighted by Gasteiger charge is -2.16. The minimum atomic E-state index is -0.264. The summed E-state index contributed by atoms with van der Waals surface area (Å²) in [6.07, 6.45) is 0.914. The molecule has 0 aromatic carbocycles. The summed E-state index contributed by atoms with van der Waals surface area (Å²) >= 11 is 1.29. The van der Waals surface area contributed by atoms with Gasteiger partial charge in [0.25, 0.3) is 0 Å². The van der Waals surface area contributed by atoms with Crippen molar-refractivity contribution in [2.24, 2.45) is 0 Å². The van der Waals surface area contributed by atoms with Crippen molar-refractivity contribution >= 4 is 23.6 Å². The van der Waals surface area contributed by atoms with Crippen molar-refractivity contribution in [3.05, 3.63) is 0 Å². The van der Waals surface area contributed by atoms with E-state index in [0.717, 1.165) is 0 Å². The van der Waals surface area contributed by atoms with Crippen LogP contribution in [0.3, 0.4) is 0 Å². The van der Waals surface area contributed by atoms with Gasteiger partial charge in [-0.3, -0.25) is 9.59 Å². The van der Waals surface area contributed by atoms with Gasteiger partial charge in [0.05, 0.1) is 24.7 Å². The van der Waals surface area contributed by atoms with Crippen LogP contribution in [0.2, 0.25) is 0 Å². The predicted molar refractivity (Wildman–Crippen MR) is 61.8 cm³/mol. The summed E-state index contributed by atoms with van der Waals surface area (Å²) in [6.45, 7) is 0.529. The number of hydrogen-bond donors (Lipinski definition) is 0. The highest BCUT2D eigenvalue weighted by Crippen LogP contribution is 2.02. The van der Waals surface area contributed by atoms with Crippen molar-refractivity contribution in [1.29, 1.82) is 5.26 Å². The van der Waals surface area contributed by atoms with Crippen molar-refractivity contribution in [3.8, 4) is 6.07 Å². The largest absolute Gasteiger partial charge is 0.469 e. The molecule has 90 valence electrons. The molecule has 16 heavy (non-hydrogen) atoms. The Morgan fingerprint density at radius 1 is 1.50 bits per heavy atom. The summed E-state index contributed by atoms with van der Waals surface area (Å²) in [7, 11) is 3.03. The molecule has 0 saturated heterocycles. The Morgan fingerprint density at radius 3 is 2.75 bits per heavy atom. The molecule has 0 aromatic heterocycles. The number of esters is 1. The van der Waals surface area contributed by atoms with E-state index in [2.05, 4.69) is 4.74 Å². The third-order valence-electron chi connectivity index (χ3n) is 1.92. The molecule has 1 amide bonds. The van der Waals surface area contributed by atoms with Gasteiger partial charge in [0.1, 0.15) is 0 Å². The van der Waals surface area contributed by atoms with Crippen molar-refractivity contribution in [3.63, 3.8) is 0 Å². The van der Waals surface area contributed by atoms with Gasteiger partial charge in [0.15, 0.2) is 0 Å². The molecule has 0 heterocycles. The first kappa shape index (κ1) is 14.8. The molecule has 0 aliphatic carbocycles. The Bertz CT molecular complexity index is 276. The zero-order chi connectivity index (χ0) is 12.4. The lowest BCUT2D eigenvalue weighted by atomic mass is 10.3. The maximum atomic E-state index is 11.4. The number of thioether (sulfide) groups is 1. The van der Waals surface area contributed by atoms with Crippen LogP contribution in [0, 0.1) is 11.3 Å². The second kappa shape index (κ2) is 9.04. The fourth-order valence-corrected chi connectivity index (χ4v) is 1.57. The maximum absolute atomic E-state index is 11.4. The number of hydrogen-bond acceptors (Lipinski definition) is 5. The van der Waals surface area contributed by atoms with Crippen LogP contribution in [0.15, 0.2) is 0 Å². The average molecular weight is 244 g/mol. The quantitative estimate of drug-likeness (QED) is 0.486. The van der Waals surface area contributed by atoms with Gasteiger partial charge < -0.3 is 9.64 Å². The van der Waals surface area contributed by atoms with E-state index in [-0.39, 0.29) is 11.9 Å². The highest BCUT2D eigenvalue weighted by atomic mass is 32.2. The van der Waals surface area contributed by atoms with E-state index < -0.39 is 0 Å². The first-order valence-corrected chi connectivity index (χ1v) is 6.02. The fourth-order valence-electron chi connectivity index (χ4n) is 0.982. The topological polar surface area (TPSA) is 70.4 Å². The SMILES string of the molecule is COC(=O)CCCN(C)C(=O)CSCC#N. The van der Waals surface area contributed by atoms with Crippen LogP contribution in [-0.4, -0.2) is 49.0 Å². The van der Waals surface area contributed by atoms with Crippen LogP contribution in [0.1, 0.15) is 12.8 Å². The Balaban J connectivity index is 3.63. The van der Waals surface area contributed by atoms with Crippen molar-refractivity contribution in [1.82, 2.24) is 4.90 Å². The highest BCUT2D eigenvalue weighted by Gasteiger charge is 2.09. The smallest absolute Gasteiger partial charge is 0.305 e. The zero-order valence-electron chi connectivity index (χ0n) is 9.56. The molecule has 0 fully saturated rings. The Labute approximate surface area is 99.7 Å². The summed E-state index contributed by atoms with van der Waals surface area (Å²) in [5.74, 6) is 0.342. The van der Waals surface area contributed by atoms with E-state index in [4.69, 9.17) is 5.26 Å². The van der Waals surface area contributed by atoms with Gasteiger partial charge in [-0.2, -0.15) is 5.26 Å². The molecule has 0 rings (SSSR count). The summed E-state index contributed by atoms with van der Waals surface area (Å²) < 4.78 is 4.49. The molecular formula is C10H16N2O3S. The molecule has 0 saturated carbocycles. The standard InChI is InChI=1S/C10H16N2O3S/c1-12(6-3-4-10(14)15-2)9(13)8-16-7-5-11/h3-4,6-8H2,1-2H3. The maximum Gasteiger partial charge on any atom is 0.305 e. The first-order chi connectivity index (χ1) is 7.61. The van der Waals surface area contributed by atoms with Crippen LogP contribution in [0.25, 0.3) is 0 Å². The Kier molecular flexibility index (Phi) is 8.35. The molecule has 0 N–H and O–H groups in total. The summed E-state index contributed by atoms with van der Waals surface area (Å²) in [5.41, 5.74) is 0. The molecule has 5 nitrogen and oxygen atoms in total. The van der Waals surface area contributed by atoms with Crippen LogP contribution < -0.4 is 0 Å². The second-order valence-electron chi connectivity index (χ2n) is 3.15. The van der Waals surface area contributed by atoms with E-state index in [1.165, 1.54) is 18.9 Å². The second-order valence-corrected chi connectivity index (χ2v) is 4.13. The predicted octanol–water partition coefficient (Wildman–Crippen LogP) is 0.655. The van der Waals surface area contributed by atoms with E-state index in [1.807, 2.05) is 6.07 Å². The van der Waals surface area contributed by atoms with Gasteiger partial charge >= 0.3 is 5.97 Å². The lowest BCUT2D eigenvalue weighted by molar-refractivity contribution is -0.141. The van der Waals surface area contributed by atoms with Gasteiger partial charge in [-0.15, -0.1) is 11.8 Å². The zero-order valence-corrected chi connectivity index (χ0v) is 10.4. The van der Waals surface area contributed by atoms with Crippen LogP contribution in [-0.2, 0) is 14.3 Å². The van der Waals surface area contributed by atoms with Gasteiger partial charge in [-0.05, 0) is 6.42 Å². The van der Waals surface area contributed by atoms with Gasteiger partial charge in [-0.25, -0.2) is 0 Å². The van der Waals surface area contributed by atoms with Crippen molar-refractivity contribution < 1.29 is 14.3 Å². The van der Waals surface area contributed by atoms with E-state index >= 15 is 0 Å². The molecule has 0 radical (unpaired) electrons. The number of amides is 1.